The third kappa shape index (κ3) is 3.35. The van der Waals surface area contributed by atoms with Crippen molar-refractivity contribution in [2.75, 3.05) is 11.6 Å². The van der Waals surface area contributed by atoms with Crippen LogP contribution in [0.25, 0.3) is 11.4 Å². The Balaban J connectivity index is 1.79. The van der Waals surface area contributed by atoms with Gasteiger partial charge in [-0.3, -0.25) is 14.3 Å². The van der Waals surface area contributed by atoms with Crippen LogP contribution in [0.5, 0.6) is 0 Å². The van der Waals surface area contributed by atoms with E-state index in [1.165, 1.54) is 0 Å². The number of nitrogens with one attached hydrogen (secondary N) is 2. The fraction of sp³-hybridized carbons (Fsp3) is 0.0625. The Hall–Kier alpha value is -2.80. The van der Waals surface area contributed by atoms with Gasteiger partial charge in [-0.15, -0.1) is 11.8 Å². The van der Waals surface area contributed by atoms with Gasteiger partial charge in [-0.1, -0.05) is 29.4 Å². The van der Waals surface area contributed by atoms with Crippen molar-refractivity contribution >= 4 is 23.4 Å². The Morgan fingerprint density at radius 3 is 2.57 bits per heavy atom. The molecule has 3 rings (SSSR count). The largest absolute Gasteiger partial charge is 0.439 e. The molecule has 6 nitrogen and oxygen atoms in total. The van der Waals surface area contributed by atoms with Gasteiger partial charge < -0.3 is 5.32 Å². The van der Waals surface area contributed by atoms with Crippen LogP contribution in [0.15, 0.2) is 62.7 Å². The molecule has 2 aromatic carbocycles. The standard InChI is InChI=1S/C16H13N3O3S/c1-23-13-5-3-2-4-12(13)17-15(20)11-8-6-10(7-9-11)14-18-16(21)22-19-14/h2-9H,1H3,(H,17,20)(H,18,19,21). The van der Waals surface area contributed by atoms with Crippen molar-refractivity contribution < 1.29 is 9.32 Å². The molecule has 0 aliphatic carbocycles. The molecule has 2 N–H and O–H groups in total. The van der Waals surface area contributed by atoms with Crippen LogP contribution in [0.2, 0.25) is 0 Å². The smallest absolute Gasteiger partial charge is 0.321 e. The molecular weight excluding hydrogens is 314 g/mol. The van der Waals surface area contributed by atoms with Gasteiger partial charge in [0, 0.05) is 16.0 Å². The van der Waals surface area contributed by atoms with Crippen molar-refractivity contribution in [2.45, 2.75) is 4.90 Å². The zero-order chi connectivity index (χ0) is 16.2. The molecule has 1 heterocycles. The van der Waals surface area contributed by atoms with Gasteiger partial charge in [0.25, 0.3) is 5.91 Å². The van der Waals surface area contributed by atoms with Crippen molar-refractivity contribution in [3.05, 3.63) is 64.6 Å². The summed E-state index contributed by atoms with van der Waals surface area (Å²) in [6, 6.07) is 14.3. The molecule has 1 amide bonds. The zero-order valence-corrected chi connectivity index (χ0v) is 13.0. The normalized spacial score (nSPS) is 10.5. The minimum atomic E-state index is -0.615. The van der Waals surface area contributed by atoms with E-state index in [0.29, 0.717) is 17.0 Å². The lowest BCUT2D eigenvalue weighted by Crippen LogP contribution is -2.12. The number of amides is 1. The van der Waals surface area contributed by atoms with E-state index in [1.807, 2.05) is 30.5 Å². The number of rotatable bonds is 4. The van der Waals surface area contributed by atoms with Crippen LogP contribution < -0.4 is 11.1 Å². The fourth-order valence-corrected chi connectivity index (χ4v) is 2.63. The van der Waals surface area contributed by atoms with Gasteiger partial charge in [0.1, 0.15) is 0 Å². The maximum absolute atomic E-state index is 12.3. The topological polar surface area (TPSA) is 88.0 Å². The summed E-state index contributed by atoms with van der Waals surface area (Å²) >= 11 is 1.57. The molecule has 0 unspecified atom stereocenters. The van der Waals surface area contributed by atoms with Gasteiger partial charge in [0.15, 0.2) is 5.82 Å². The number of hydrogen-bond donors (Lipinski definition) is 2. The van der Waals surface area contributed by atoms with Crippen molar-refractivity contribution in [2.24, 2.45) is 0 Å². The lowest BCUT2D eigenvalue weighted by atomic mass is 10.1. The van der Waals surface area contributed by atoms with Crippen molar-refractivity contribution in [3.8, 4) is 11.4 Å². The van der Waals surface area contributed by atoms with Crippen LogP contribution in [0.1, 0.15) is 10.4 Å². The number of hydrogen-bond acceptors (Lipinski definition) is 5. The lowest BCUT2D eigenvalue weighted by molar-refractivity contribution is 0.102. The summed E-state index contributed by atoms with van der Waals surface area (Å²) in [5.41, 5.74) is 1.95. The highest BCUT2D eigenvalue weighted by Crippen LogP contribution is 2.25. The molecule has 0 fully saturated rings. The summed E-state index contributed by atoms with van der Waals surface area (Å²) < 4.78 is 4.46. The van der Waals surface area contributed by atoms with E-state index in [0.717, 1.165) is 10.6 Å². The molecule has 0 saturated carbocycles. The highest BCUT2D eigenvalue weighted by atomic mass is 32.2. The predicted molar refractivity (Wildman–Crippen MR) is 88.7 cm³/mol. The Labute approximate surface area is 135 Å². The van der Waals surface area contributed by atoms with E-state index in [1.54, 1.807) is 36.0 Å². The van der Waals surface area contributed by atoms with Crippen LogP contribution in [0.3, 0.4) is 0 Å². The number of aromatic amines is 1. The van der Waals surface area contributed by atoms with E-state index < -0.39 is 5.76 Å². The molecule has 0 aliphatic heterocycles. The molecule has 0 atom stereocenters. The summed E-state index contributed by atoms with van der Waals surface area (Å²) in [5, 5.41) is 6.49. The molecule has 0 aliphatic rings. The molecule has 0 spiro atoms. The molecule has 1 aromatic heterocycles. The average molecular weight is 327 g/mol. The first-order chi connectivity index (χ1) is 11.2. The molecule has 3 aromatic rings. The van der Waals surface area contributed by atoms with Crippen molar-refractivity contribution in [1.29, 1.82) is 0 Å². The molecule has 116 valence electrons. The minimum absolute atomic E-state index is 0.202. The number of benzene rings is 2. The van der Waals surface area contributed by atoms with Gasteiger partial charge in [0.05, 0.1) is 5.69 Å². The molecule has 23 heavy (non-hydrogen) atoms. The highest BCUT2D eigenvalue weighted by Gasteiger charge is 2.10. The summed E-state index contributed by atoms with van der Waals surface area (Å²) in [6.45, 7) is 0. The van der Waals surface area contributed by atoms with Gasteiger partial charge in [-0.05, 0) is 30.5 Å². The Morgan fingerprint density at radius 1 is 1.17 bits per heavy atom. The number of H-pyrrole nitrogens is 1. The number of para-hydroxylation sites is 1. The maximum Gasteiger partial charge on any atom is 0.439 e. The second-order valence-corrected chi connectivity index (χ2v) is 5.52. The maximum atomic E-state index is 12.3. The van der Waals surface area contributed by atoms with E-state index >= 15 is 0 Å². The number of anilines is 1. The van der Waals surface area contributed by atoms with Crippen LogP contribution in [-0.2, 0) is 0 Å². The van der Waals surface area contributed by atoms with Gasteiger partial charge in [-0.25, -0.2) is 4.79 Å². The van der Waals surface area contributed by atoms with Crippen molar-refractivity contribution in [1.82, 2.24) is 10.1 Å². The first-order valence-electron chi connectivity index (χ1n) is 6.78. The second-order valence-electron chi connectivity index (χ2n) is 4.68. The summed E-state index contributed by atoms with van der Waals surface area (Å²) in [5.74, 6) is -0.489. The van der Waals surface area contributed by atoms with E-state index in [9.17, 15) is 9.59 Å². The number of thioether (sulfide) groups is 1. The monoisotopic (exact) mass is 327 g/mol. The Bertz CT molecular complexity index is 884. The Morgan fingerprint density at radius 2 is 1.91 bits per heavy atom. The lowest BCUT2D eigenvalue weighted by Gasteiger charge is -2.09. The van der Waals surface area contributed by atoms with E-state index in [4.69, 9.17) is 0 Å². The highest BCUT2D eigenvalue weighted by molar-refractivity contribution is 7.98. The van der Waals surface area contributed by atoms with Gasteiger partial charge in [-0.2, -0.15) is 0 Å². The summed E-state index contributed by atoms with van der Waals surface area (Å²) in [4.78, 5) is 26.7. The van der Waals surface area contributed by atoms with Crippen LogP contribution >= 0.6 is 11.8 Å². The van der Waals surface area contributed by atoms with Crippen LogP contribution in [-0.4, -0.2) is 22.3 Å². The van der Waals surface area contributed by atoms with Crippen molar-refractivity contribution in [3.63, 3.8) is 0 Å². The molecular formula is C16H13N3O3S. The number of nitrogens with zero attached hydrogens (tertiary/aromatic N) is 1. The zero-order valence-electron chi connectivity index (χ0n) is 12.2. The van der Waals surface area contributed by atoms with E-state index in [-0.39, 0.29) is 5.91 Å². The molecule has 7 heteroatoms. The number of carbonyl (C=O) groups is 1. The van der Waals surface area contributed by atoms with Gasteiger partial charge >= 0.3 is 5.76 Å². The van der Waals surface area contributed by atoms with E-state index in [2.05, 4.69) is 20.0 Å². The second kappa shape index (κ2) is 6.53. The van der Waals surface area contributed by atoms with Gasteiger partial charge in [0.2, 0.25) is 0 Å². The van der Waals surface area contributed by atoms with Crippen LogP contribution in [0.4, 0.5) is 5.69 Å². The first kappa shape index (κ1) is 15.1. The summed E-state index contributed by atoms with van der Waals surface area (Å²) in [7, 11) is 0. The number of carbonyl (C=O) groups excluding carboxylic acids is 1. The molecule has 0 saturated heterocycles. The SMILES string of the molecule is CSc1ccccc1NC(=O)c1ccc(-c2noc(=O)[nH]2)cc1. The predicted octanol–water partition coefficient (Wildman–Crippen LogP) is 3.00. The molecule has 0 radical (unpaired) electrons. The number of aromatic nitrogens is 2. The quantitative estimate of drug-likeness (QED) is 0.719. The third-order valence-electron chi connectivity index (χ3n) is 3.22. The minimum Gasteiger partial charge on any atom is -0.321 e. The molecule has 0 bridgehead atoms. The third-order valence-corrected chi connectivity index (χ3v) is 4.01. The fourth-order valence-electron chi connectivity index (χ4n) is 2.08. The van der Waals surface area contributed by atoms with Crippen LogP contribution in [0, 0.1) is 0 Å². The summed E-state index contributed by atoms with van der Waals surface area (Å²) in [6.07, 6.45) is 1.96. The Kier molecular flexibility index (Phi) is 4.29. The average Bonchev–Trinajstić information content (AvgIpc) is 3.02. The first-order valence-corrected chi connectivity index (χ1v) is 8.00.